The van der Waals surface area contributed by atoms with Gasteiger partial charge in [0.1, 0.15) is 5.60 Å². The van der Waals surface area contributed by atoms with E-state index in [1.807, 2.05) is 38.1 Å². The zero-order valence-corrected chi connectivity index (χ0v) is 16.9. The molecule has 1 aromatic heterocycles. The van der Waals surface area contributed by atoms with Crippen LogP contribution in [0.1, 0.15) is 46.1 Å². The molecule has 0 aliphatic carbocycles. The van der Waals surface area contributed by atoms with Gasteiger partial charge in [-0.1, -0.05) is 12.1 Å². The summed E-state index contributed by atoms with van der Waals surface area (Å²) in [6.45, 7) is 11.4. The van der Waals surface area contributed by atoms with E-state index in [2.05, 4.69) is 41.1 Å². The third kappa shape index (κ3) is 5.42. The van der Waals surface area contributed by atoms with E-state index in [0.29, 0.717) is 6.04 Å². The minimum Gasteiger partial charge on any atom is -0.444 e. The maximum Gasteiger partial charge on any atom is 0.410 e. The Morgan fingerprint density at radius 1 is 1.19 bits per heavy atom. The number of benzene rings is 1. The van der Waals surface area contributed by atoms with Crippen LogP contribution in [-0.2, 0) is 11.3 Å². The first-order valence-corrected chi connectivity index (χ1v) is 9.86. The summed E-state index contributed by atoms with van der Waals surface area (Å²) < 4.78 is 5.54. The fourth-order valence-corrected chi connectivity index (χ4v) is 3.53. The second-order valence-corrected chi connectivity index (χ2v) is 8.49. The molecule has 1 aliphatic heterocycles. The van der Waals surface area contributed by atoms with Gasteiger partial charge in [-0.05, 0) is 63.6 Å². The number of pyridine rings is 1. The molecule has 5 heteroatoms. The molecular weight excluding hydrogens is 338 g/mol. The monoisotopic (exact) mass is 369 g/mol. The SMILES string of the molecule is C[C@@H]1CCN(C(=O)OC(C)(C)C)CCCN1Cc1ccc2cnccc2c1. The van der Waals surface area contributed by atoms with Crippen molar-refractivity contribution in [3.63, 3.8) is 0 Å². The first kappa shape index (κ1) is 19.6. The highest BCUT2D eigenvalue weighted by Gasteiger charge is 2.25. The molecule has 1 amide bonds. The lowest BCUT2D eigenvalue weighted by atomic mass is 10.1. The summed E-state index contributed by atoms with van der Waals surface area (Å²) in [6.07, 6.45) is 5.48. The van der Waals surface area contributed by atoms with E-state index in [1.54, 1.807) is 0 Å². The van der Waals surface area contributed by atoms with Gasteiger partial charge in [0.2, 0.25) is 0 Å². The van der Waals surface area contributed by atoms with Crippen LogP contribution in [0.5, 0.6) is 0 Å². The Morgan fingerprint density at radius 3 is 2.78 bits per heavy atom. The number of hydrogen-bond acceptors (Lipinski definition) is 4. The predicted molar refractivity (Wildman–Crippen MR) is 109 cm³/mol. The zero-order chi connectivity index (χ0) is 19.4. The van der Waals surface area contributed by atoms with Crippen LogP contribution in [0, 0.1) is 0 Å². The molecule has 0 bridgehead atoms. The van der Waals surface area contributed by atoms with E-state index in [0.717, 1.165) is 39.0 Å². The zero-order valence-electron chi connectivity index (χ0n) is 16.9. The fourth-order valence-electron chi connectivity index (χ4n) is 3.53. The van der Waals surface area contributed by atoms with E-state index in [4.69, 9.17) is 4.74 Å². The Morgan fingerprint density at radius 2 is 2.00 bits per heavy atom. The van der Waals surface area contributed by atoms with Crippen LogP contribution in [0.25, 0.3) is 10.8 Å². The van der Waals surface area contributed by atoms with Crippen LogP contribution in [0.4, 0.5) is 4.79 Å². The molecule has 1 fully saturated rings. The highest BCUT2D eigenvalue weighted by Crippen LogP contribution is 2.20. The lowest BCUT2D eigenvalue weighted by molar-refractivity contribution is 0.0193. The molecule has 1 atom stereocenters. The van der Waals surface area contributed by atoms with Crippen LogP contribution >= 0.6 is 0 Å². The van der Waals surface area contributed by atoms with E-state index in [1.165, 1.54) is 16.3 Å². The predicted octanol–water partition coefficient (Wildman–Crippen LogP) is 4.46. The summed E-state index contributed by atoms with van der Waals surface area (Å²) in [4.78, 5) is 20.9. The van der Waals surface area contributed by atoms with E-state index in [-0.39, 0.29) is 6.09 Å². The Hall–Kier alpha value is -2.14. The van der Waals surface area contributed by atoms with Gasteiger partial charge in [-0.25, -0.2) is 4.79 Å². The Labute approximate surface area is 162 Å². The van der Waals surface area contributed by atoms with Crippen molar-refractivity contribution in [2.45, 2.75) is 58.7 Å². The fraction of sp³-hybridized carbons (Fsp3) is 0.545. The highest BCUT2D eigenvalue weighted by atomic mass is 16.6. The summed E-state index contributed by atoms with van der Waals surface area (Å²) in [5, 5.41) is 2.41. The minimum absolute atomic E-state index is 0.189. The van der Waals surface area contributed by atoms with Gasteiger partial charge in [0.05, 0.1) is 0 Å². The van der Waals surface area contributed by atoms with Crippen molar-refractivity contribution in [1.29, 1.82) is 0 Å². The minimum atomic E-state index is -0.442. The maximum absolute atomic E-state index is 12.4. The second-order valence-electron chi connectivity index (χ2n) is 8.49. The molecule has 1 saturated heterocycles. The molecule has 146 valence electrons. The average Bonchev–Trinajstić information content (AvgIpc) is 2.60. The van der Waals surface area contributed by atoms with Gasteiger partial charge < -0.3 is 9.64 Å². The van der Waals surface area contributed by atoms with Gasteiger partial charge in [0.25, 0.3) is 0 Å². The Kier molecular flexibility index (Phi) is 6.00. The number of rotatable bonds is 2. The molecule has 0 radical (unpaired) electrons. The lowest BCUT2D eigenvalue weighted by Gasteiger charge is -2.35. The third-order valence-corrected chi connectivity index (χ3v) is 5.06. The molecule has 2 heterocycles. The van der Waals surface area contributed by atoms with Crippen molar-refractivity contribution in [2.24, 2.45) is 0 Å². The number of amides is 1. The Bertz CT molecular complexity index is 784. The Balaban J connectivity index is 1.61. The highest BCUT2D eigenvalue weighted by molar-refractivity contribution is 5.81. The standard InChI is InChI=1S/C22H31N3O2/c1-17-9-13-24(21(26)27-22(2,3)4)11-5-12-25(17)16-18-6-7-20-15-23-10-8-19(20)14-18/h6-8,10,14-15,17H,5,9,11-13,16H2,1-4H3/t17-/m1/s1. The molecule has 3 rings (SSSR count). The number of carbonyl (C=O) groups excluding carboxylic acids is 1. The summed E-state index contributed by atoms with van der Waals surface area (Å²) in [7, 11) is 0. The van der Waals surface area contributed by atoms with Gasteiger partial charge in [-0.15, -0.1) is 0 Å². The van der Waals surface area contributed by atoms with Crippen molar-refractivity contribution in [3.05, 3.63) is 42.2 Å². The summed E-state index contributed by atoms with van der Waals surface area (Å²) >= 11 is 0. The topological polar surface area (TPSA) is 45.7 Å². The van der Waals surface area contributed by atoms with Crippen molar-refractivity contribution < 1.29 is 9.53 Å². The van der Waals surface area contributed by atoms with Gasteiger partial charge >= 0.3 is 6.09 Å². The number of carbonyl (C=O) groups is 1. The van der Waals surface area contributed by atoms with Gasteiger partial charge in [0.15, 0.2) is 0 Å². The van der Waals surface area contributed by atoms with E-state index in [9.17, 15) is 4.79 Å². The maximum atomic E-state index is 12.4. The number of ether oxygens (including phenoxy) is 1. The van der Waals surface area contributed by atoms with Crippen LogP contribution in [0.15, 0.2) is 36.7 Å². The van der Waals surface area contributed by atoms with E-state index >= 15 is 0 Å². The molecular formula is C22H31N3O2. The molecule has 27 heavy (non-hydrogen) atoms. The van der Waals surface area contributed by atoms with Gasteiger partial charge in [-0.2, -0.15) is 0 Å². The first-order chi connectivity index (χ1) is 12.8. The molecule has 0 spiro atoms. The van der Waals surface area contributed by atoms with Crippen LogP contribution < -0.4 is 0 Å². The van der Waals surface area contributed by atoms with Gasteiger partial charge in [-0.3, -0.25) is 9.88 Å². The number of nitrogens with zero attached hydrogens (tertiary/aromatic N) is 3. The quantitative estimate of drug-likeness (QED) is 0.784. The summed E-state index contributed by atoms with van der Waals surface area (Å²) in [5.74, 6) is 0. The summed E-state index contributed by atoms with van der Waals surface area (Å²) in [5.41, 5.74) is 0.882. The molecule has 0 unspecified atom stereocenters. The number of hydrogen-bond donors (Lipinski definition) is 0. The van der Waals surface area contributed by atoms with Crippen LogP contribution in [0.3, 0.4) is 0 Å². The van der Waals surface area contributed by atoms with Crippen molar-refractivity contribution in [1.82, 2.24) is 14.8 Å². The average molecular weight is 370 g/mol. The molecule has 5 nitrogen and oxygen atoms in total. The molecule has 0 saturated carbocycles. The second kappa shape index (κ2) is 8.26. The van der Waals surface area contributed by atoms with E-state index < -0.39 is 5.60 Å². The third-order valence-electron chi connectivity index (χ3n) is 5.06. The number of fused-ring (bicyclic) bond motifs is 1. The van der Waals surface area contributed by atoms with Crippen molar-refractivity contribution in [2.75, 3.05) is 19.6 Å². The van der Waals surface area contributed by atoms with Crippen LogP contribution in [-0.4, -0.2) is 52.2 Å². The smallest absolute Gasteiger partial charge is 0.410 e. The molecule has 0 N–H and O–H groups in total. The molecule has 2 aromatic rings. The number of aromatic nitrogens is 1. The normalized spacial score (nSPS) is 19.6. The van der Waals surface area contributed by atoms with Crippen LogP contribution in [0.2, 0.25) is 0 Å². The lowest BCUT2D eigenvalue weighted by Crippen LogP contribution is -2.44. The molecule has 1 aliphatic rings. The largest absolute Gasteiger partial charge is 0.444 e. The first-order valence-electron chi connectivity index (χ1n) is 9.86. The van der Waals surface area contributed by atoms with Crippen molar-refractivity contribution >= 4 is 16.9 Å². The van der Waals surface area contributed by atoms with Crippen molar-refractivity contribution in [3.8, 4) is 0 Å². The molecule has 1 aromatic carbocycles. The summed E-state index contributed by atoms with van der Waals surface area (Å²) in [6, 6.07) is 9.09. The van der Waals surface area contributed by atoms with Gasteiger partial charge in [0, 0.05) is 50.0 Å².